The minimum Gasteiger partial charge on any atom is -0.396 e. The monoisotopic (exact) mass is 232 g/mol. The molecule has 0 aliphatic carbocycles. The van der Waals surface area contributed by atoms with Crippen LogP contribution in [0.5, 0.6) is 0 Å². The van der Waals surface area contributed by atoms with Gasteiger partial charge in [0.05, 0.1) is 11.9 Å². The summed E-state index contributed by atoms with van der Waals surface area (Å²) >= 11 is 0. The van der Waals surface area contributed by atoms with E-state index in [1.165, 1.54) is 0 Å². The lowest BCUT2D eigenvalue weighted by atomic mass is 10.3. The number of aliphatic hydroxyl groups excluding tert-OH is 1. The molecule has 0 spiro atoms. The third kappa shape index (κ3) is 2.62. The van der Waals surface area contributed by atoms with Gasteiger partial charge in [0.1, 0.15) is 5.82 Å². The quantitative estimate of drug-likeness (QED) is 0.768. The molecule has 0 fully saturated rings. The van der Waals surface area contributed by atoms with E-state index >= 15 is 0 Å². The molecule has 0 aromatic carbocycles. The van der Waals surface area contributed by atoms with Crippen LogP contribution in [0.4, 0.5) is 5.82 Å². The van der Waals surface area contributed by atoms with Gasteiger partial charge in [-0.3, -0.25) is 0 Å². The molecule has 17 heavy (non-hydrogen) atoms. The van der Waals surface area contributed by atoms with E-state index in [0.717, 1.165) is 30.0 Å². The van der Waals surface area contributed by atoms with Crippen LogP contribution in [0.25, 0.3) is 11.7 Å². The van der Waals surface area contributed by atoms with Gasteiger partial charge >= 0.3 is 0 Å². The molecule has 0 aliphatic heterocycles. The largest absolute Gasteiger partial charge is 0.396 e. The second-order valence-electron chi connectivity index (χ2n) is 3.69. The number of imidazole rings is 1. The summed E-state index contributed by atoms with van der Waals surface area (Å²) in [6, 6.07) is 3.81. The minimum absolute atomic E-state index is 0.222. The van der Waals surface area contributed by atoms with E-state index in [2.05, 4.69) is 15.4 Å². The number of hydrogen-bond acceptors (Lipinski definition) is 4. The summed E-state index contributed by atoms with van der Waals surface area (Å²) in [5, 5.41) is 16.1. The summed E-state index contributed by atoms with van der Waals surface area (Å²) in [5.41, 5.74) is 1.76. The second kappa shape index (κ2) is 5.45. The molecular weight excluding hydrogens is 216 g/mol. The van der Waals surface area contributed by atoms with Gasteiger partial charge in [-0.25, -0.2) is 9.50 Å². The fourth-order valence-electron chi connectivity index (χ4n) is 1.55. The number of aromatic nitrogens is 3. The van der Waals surface area contributed by atoms with E-state index in [1.807, 2.05) is 31.3 Å². The van der Waals surface area contributed by atoms with Crippen molar-refractivity contribution in [2.45, 2.75) is 12.8 Å². The Bertz CT molecular complexity index is 518. The Hall–Kier alpha value is -1.88. The molecule has 0 unspecified atom stereocenters. The molecule has 2 N–H and O–H groups in total. The molecule has 2 heterocycles. The molecule has 0 atom stereocenters. The van der Waals surface area contributed by atoms with Crippen LogP contribution in [-0.2, 0) is 0 Å². The van der Waals surface area contributed by atoms with Crippen molar-refractivity contribution >= 4 is 17.5 Å². The first-order valence-electron chi connectivity index (χ1n) is 5.65. The zero-order valence-corrected chi connectivity index (χ0v) is 9.80. The van der Waals surface area contributed by atoms with Crippen LogP contribution < -0.4 is 5.32 Å². The van der Waals surface area contributed by atoms with Crippen molar-refractivity contribution in [3.8, 4) is 0 Å². The van der Waals surface area contributed by atoms with Crippen molar-refractivity contribution in [2.75, 3.05) is 19.0 Å². The summed E-state index contributed by atoms with van der Waals surface area (Å²) in [7, 11) is 1.84. The molecule has 5 heteroatoms. The maximum absolute atomic E-state index is 8.69. The minimum atomic E-state index is 0.222. The van der Waals surface area contributed by atoms with Gasteiger partial charge in [-0.1, -0.05) is 6.08 Å². The fourth-order valence-corrected chi connectivity index (χ4v) is 1.55. The average molecular weight is 232 g/mol. The molecule has 0 aliphatic rings. The number of nitrogens with zero attached hydrogens (tertiary/aromatic N) is 3. The first-order valence-corrected chi connectivity index (χ1v) is 5.65. The lowest BCUT2D eigenvalue weighted by Crippen LogP contribution is -1.99. The average Bonchev–Trinajstić information content (AvgIpc) is 2.77. The molecule has 0 saturated carbocycles. The van der Waals surface area contributed by atoms with Crippen LogP contribution >= 0.6 is 0 Å². The SMILES string of the molecule is CNc1ccc2ncc(/C=C\CCCO)n2n1. The summed E-state index contributed by atoms with van der Waals surface area (Å²) in [6.45, 7) is 0.222. The van der Waals surface area contributed by atoms with Gasteiger partial charge in [-0.15, -0.1) is 5.10 Å². The molecule has 2 rings (SSSR count). The summed E-state index contributed by atoms with van der Waals surface area (Å²) in [5.74, 6) is 0.806. The summed E-state index contributed by atoms with van der Waals surface area (Å²) in [6.07, 6.45) is 7.42. The molecular formula is C12H16N4O. The summed E-state index contributed by atoms with van der Waals surface area (Å²) < 4.78 is 1.79. The Morgan fingerprint density at radius 2 is 2.35 bits per heavy atom. The van der Waals surface area contributed by atoms with Crippen LogP contribution in [0.2, 0.25) is 0 Å². The number of anilines is 1. The summed E-state index contributed by atoms with van der Waals surface area (Å²) in [4.78, 5) is 4.27. The first-order chi connectivity index (χ1) is 8.35. The highest BCUT2D eigenvalue weighted by molar-refractivity contribution is 5.53. The van der Waals surface area contributed by atoms with Crippen LogP contribution in [-0.4, -0.2) is 33.4 Å². The van der Waals surface area contributed by atoms with Crippen molar-refractivity contribution in [1.82, 2.24) is 14.6 Å². The standard InChI is InChI=1S/C12H16N4O/c1-13-11-6-7-12-14-9-10(16(12)15-11)5-3-2-4-8-17/h3,5-7,9,17H,2,4,8H2,1H3,(H,13,15)/b5-3-. The fraction of sp³-hybridized carbons (Fsp3) is 0.333. The Morgan fingerprint density at radius 1 is 1.47 bits per heavy atom. The van der Waals surface area contributed by atoms with E-state index in [0.29, 0.717) is 0 Å². The van der Waals surface area contributed by atoms with Gasteiger partial charge < -0.3 is 10.4 Å². The van der Waals surface area contributed by atoms with Gasteiger partial charge in [0.15, 0.2) is 5.65 Å². The second-order valence-corrected chi connectivity index (χ2v) is 3.69. The number of aliphatic hydroxyl groups is 1. The number of hydrogen-bond donors (Lipinski definition) is 2. The van der Waals surface area contributed by atoms with Gasteiger partial charge in [-0.2, -0.15) is 0 Å². The Balaban J connectivity index is 2.24. The van der Waals surface area contributed by atoms with Gasteiger partial charge in [0.2, 0.25) is 0 Å². The third-order valence-corrected chi connectivity index (χ3v) is 2.46. The predicted octanol–water partition coefficient (Wildman–Crippen LogP) is 1.56. The van der Waals surface area contributed by atoms with E-state index in [9.17, 15) is 0 Å². The van der Waals surface area contributed by atoms with Crippen LogP contribution in [0, 0.1) is 0 Å². The highest BCUT2D eigenvalue weighted by Crippen LogP contribution is 2.10. The molecule has 0 amide bonds. The van der Waals surface area contributed by atoms with Crippen molar-refractivity contribution < 1.29 is 5.11 Å². The van der Waals surface area contributed by atoms with E-state index in [-0.39, 0.29) is 6.61 Å². The zero-order chi connectivity index (χ0) is 12.1. The number of fused-ring (bicyclic) bond motifs is 1. The Morgan fingerprint density at radius 3 is 3.12 bits per heavy atom. The normalized spacial score (nSPS) is 11.4. The van der Waals surface area contributed by atoms with E-state index < -0.39 is 0 Å². The van der Waals surface area contributed by atoms with Crippen molar-refractivity contribution in [1.29, 1.82) is 0 Å². The first kappa shape index (κ1) is 11.6. The predicted molar refractivity (Wildman–Crippen MR) is 67.9 cm³/mol. The molecule has 90 valence electrons. The molecule has 0 bridgehead atoms. The number of rotatable bonds is 5. The lowest BCUT2D eigenvalue weighted by Gasteiger charge is -2.00. The molecule has 0 radical (unpaired) electrons. The topological polar surface area (TPSA) is 62.5 Å². The van der Waals surface area contributed by atoms with E-state index in [4.69, 9.17) is 5.11 Å². The van der Waals surface area contributed by atoms with Crippen LogP contribution in [0.3, 0.4) is 0 Å². The number of nitrogens with one attached hydrogen (secondary N) is 1. The van der Waals surface area contributed by atoms with E-state index in [1.54, 1.807) is 10.7 Å². The molecule has 0 saturated heterocycles. The maximum Gasteiger partial charge on any atom is 0.154 e. The third-order valence-electron chi connectivity index (χ3n) is 2.46. The Labute approximate surface area is 99.8 Å². The lowest BCUT2D eigenvalue weighted by molar-refractivity contribution is 0.290. The number of unbranched alkanes of at least 4 members (excludes halogenated alkanes) is 1. The zero-order valence-electron chi connectivity index (χ0n) is 9.80. The maximum atomic E-state index is 8.69. The van der Waals surface area contributed by atoms with Crippen LogP contribution in [0.1, 0.15) is 18.5 Å². The van der Waals surface area contributed by atoms with Crippen molar-refractivity contribution in [3.05, 3.63) is 30.1 Å². The molecule has 5 nitrogen and oxygen atoms in total. The highest BCUT2D eigenvalue weighted by Gasteiger charge is 2.01. The highest BCUT2D eigenvalue weighted by atomic mass is 16.2. The van der Waals surface area contributed by atoms with Gasteiger partial charge in [-0.05, 0) is 31.1 Å². The molecule has 2 aromatic heterocycles. The van der Waals surface area contributed by atoms with Crippen molar-refractivity contribution in [2.24, 2.45) is 0 Å². The van der Waals surface area contributed by atoms with Gasteiger partial charge in [0, 0.05) is 13.7 Å². The van der Waals surface area contributed by atoms with Crippen molar-refractivity contribution in [3.63, 3.8) is 0 Å². The smallest absolute Gasteiger partial charge is 0.154 e. The Kier molecular flexibility index (Phi) is 3.72. The molecule has 2 aromatic rings. The van der Waals surface area contributed by atoms with Gasteiger partial charge in [0.25, 0.3) is 0 Å². The van der Waals surface area contributed by atoms with Crippen LogP contribution in [0.15, 0.2) is 24.4 Å². The number of allylic oxidation sites excluding steroid dienone is 1.